The summed E-state index contributed by atoms with van der Waals surface area (Å²) in [6.45, 7) is 6.30. The molecule has 3 fully saturated rings. The zero-order chi connectivity index (χ0) is 17.7. The molecular formula is C19H25F2N3O. The first-order valence-corrected chi connectivity index (χ1v) is 9.21. The molecule has 2 aliphatic heterocycles. The molecule has 0 N–H and O–H groups in total. The van der Waals surface area contributed by atoms with Gasteiger partial charge in [0.05, 0.1) is 5.56 Å². The number of nitrogens with zero attached hydrogens (tertiary/aromatic N) is 3. The third-order valence-corrected chi connectivity index (χ3v) is 6.00. The molecule has 25 heavy (non-hydrogen) atoms. The van der Waals surface area contributed by atoms with E-state index in [4.69, 9.17) is 0 Å². The number of hydrogen-bond acceptors (Lipinski definition) is 3. The maximum Gasteiger partial charge on any atom is 0.255 e. The Hall–Kier alpha value is -1.56. The molecule has 0 aromatic carbocycles. The van der Waals surface area contributed by atoms with Gasteiger partial charge in [0.1, 0.15) is 0 Å². The third-order valence-electron chi connectivity index (χ3n) is 6.00. The number of hydrogen-bond donors (Lipinski definition) is 0. The molecular weight excluding hydrogens is 324 g/mol. The maximum absolute atomic E-state index is 13.0. The summed E-state index contributed by atoms with van der Waals surface area (Å²) in [4.78, 5) is 21.0. The minimum absolute atomic E-state index is 0.0435. The minimum Gasteiger partial charge on any atom is -0.337 e. The lowest BCUT2D eigenvalue weighted by Crippen LogP contribution is -2.59. The highest BCUT2D eigenvalue weighted by molar-refractivity contribution is 5.94. The third kappa shape index (κ3) is 3.28. The molecule has 0 radical (unpaired) electrons. The number of amides is 1. The van der Waals surface area contributed by atoms with Crippen LogP contribution in [0.15, 0.2) is 18.5 Å². The second-order valence-electron chi connectivity index (χ2n) is 8.21. The van der Waals surface area contributed by atoms with Crippen LogP contribution in [-0.4, -0.2) is 59.3 Å². The van der Waals surface area contributed by atoms with Gasteiger partial charge in [-0.1, -0.05) is 6.92 Å². The molecule has 6 heteroatoms. The summed E-state index contributed by atoms with van der Waals surface area (Å²) < 4.78 is 26.0. The van der Waals surface area contributed by atoms with Gasteiger partial charge < -0.3 is 9.80 Å². The molecule has 1 amide bonds. The minimum atomic E-state index is -2.43. The zero-order valence-corrected chi connectivity index (χ0v) is 14.7. The largest absolute Gasteiger partial charge is 0.337 e. The van der Waals surface area contributed by atoms with Crippen molar-refractivity contribution in [2.24, 2.45) is 11.3 Å². The van der Waals surface area contributed by atoms with Gasteiger partial charge >= 0.3 is 0 Å². The van der Waals surface area contributed by atoms with Crippen LogP contribution >= 0.6 is 0 Å². The fraction of sp³-hybridized carbons (Fsp3) is 0.684. The van der Waals surface area contributed by atoms with Gasteiger partial charge in [-0.2, -0.15) is 0 Å². The summed E-state index contributed by atoms with van der Waals surface area (Å²) in [5.41, 5.74) is 1.92. The molecule has 1 aliphatic carbocycles. The summed E-state index contributed by atoms with van der Waals surface area (Å²) in [5.74, 6) is -2.22. The van der Waals surface area contributed by atoms with Crippen molar-refractivity contribution in [2.45, 2.75) is 38.5 Å². The Balaban J connectivity index is 1.29. The quantitative estimate of drug-likeness (QED) is 0.839. The smallest absolute Gasteiger partial charge is 0.255 e. The topological polar surface area (TPSA) is 36.4 Å². The first-order chi connectivity index (χ1) is 11.9. The van der Waals surface area contributed by atoms with Gasteiger partial charge in [0.15, 0.2) is 0 Å². The number of pyridine rings is 1. The number of rotatable bonds is 4. The van der Waals surface area contributed by atoms with Crippen LogP contribution in [0.5, 0.6) is 0 Å². The number of carbonyl (C=O) groups is 1. The van der Waals surface area contributed by atoms with Crippen LogP contribution in [0.1, 0.15) is 42.1 Å². The van der Waals surface area contributed by atoms with Crippen LogP contribution in [0.4, 0.5) is 8.78 Å². The Labute approximate surface area is 147 Å². The van der Waals surface area contributed by atoms with Crippen molar-refractivity contribution in [3.05, 3.63) is 29.6 Å². The number of aromatic nitrogens is 1. The van der Waals surface area contributed by atoms with Gasteiger partial charge in [-0.15, -0.1) is 0 Å². The molecule has 1 spiro atoms. The number of carbonyl (C=O) groups excluding carboxylic acids is 1. The van der Waals surface area contributed by atoms with Gasteiger partial charge in [-0.25, -0.2) is 8.78 Å². The average Bonchev–Trinajstić information content (AvgIpc) is 2.95. The van der Waals surface area contributed by atoms with Crippen LogP contribution in [0.2, 0.25) is 0 Å². The first-order valence-electron chi connectivity index (χ1n) is 9.21. The fourth-order valence-electron chi connectivity index (χ4n) is 4.61. The van der Waals surface area contributed by atoms with E-state index in [0.29, 0.717) is 5.56 Å². The lowest BCUT2D eigenvalue weighted by Gasteiger charge is -2.48. The summed E-state index contributed by atoms with van der Waals surface area (Å²) in [6, 6.07) is 1.93. The van der Waals surface area contributed by atoms with E-state index >= 15 is 0 Å². The van der Waals surface area contributed by atoms with Crippen molar-refractivity contribution >= 4 is 5.91 Å². The number of aryl methyl sites for hydroxylation is 1. The fourth-order valence-corrected chi connectivity index (χ4v) is 4.61. The van der Waals surface area contributed by atoms with Crippen LogP contribution in [0, 0.1) is 11.3 Å². The second-order valence-corrected chi connectivity index (χ2v) is 8.21. The van der Waals surface area contributed by atoms with Crippen LogP contribution < -0.4 is 0 Å². The normalized spacial score (nSPS) is 25.0. The summed E-state index contributed by atoms with van der Waals surface area (Å²) in [7, 11) is 0. The molecule has 0 atom stereocenters. The lowest BCUT2D eigenvalue weighted by atomic mass is 9.78. The highest BCUT2D eigenvalue weighted by atomic mass is 19.3. The molecule has 3 heterocycles. The lowest BCUT2D eigenvalue weighted by molar-refractivity contribution is -0.116. The second kappa shape index (κ2) is 6.01. The van der Waals surface area contributed by atoms with E-state index in [-0.39, 0.29) is 30.1 Å². The molecule has 0 unspecified atom stereocenters. The van der Waals surface area contributed by atoms with Crippen LogP contribution in [0.3, 0.4) is 0 Å². The molecule has 1 aromatic rings. The van der Waals surface area contributed by atoms with Gasteiger partial charge in [0, 0.05) is 56.8 Å². The van der Waals surface area contributed by atoms with Crippen LogP contribution in [0.25, 0.3) is 0 Å². The average molecular weight is 349 g/mol. The predicted molar refractivity (Wildman–Crippen MR) is 90.7 cm³/mol. The van der Waals surface area contributed by atoms with Crippen molar-refractivity contribution in [2.75, 3.05) is 32.7 Å². The molecule has 0 bridgehead atoms. The van der Waals surface area contributed by atoms with Crippen molar-refractivity contribution in [1.82, 2.24) is 14.8 Å². The van der Waals surface area contributed by atoms with Gasteiger partial charge in [-0.3, -0.25) is 9.78 Å². The Morgan fingerprint density at radius 1 is 1.28 bits per heavy atom. The van der Waals surface area contributed by atoms with Crippen molar-refractivity contribution in [3.8, 4) is 0 Å². The van der Waals surface area contributed by atoms with Crippen molar-refractivity contribution in [3.63, 3.8) is 0 Å². The van der Waals surface area contributed by atoms with E-state index in [1.807, 2.05) is 11.0 Å². The number of halogens is 2. The Kier molecular flexibility index (Phi) is 4.06. The Bertz CT molecular complexity index is 664. The highest BCUT2D eigenvalue weighted by Gasteiger charge is 2.51. The van der Waals surface area contributed by atoms with E-state index in [1.165, 1.54) is 0 Å². The van der Waals surface area contributed by atoms with Gasteiger partial charge in [0.2, 0.25) is 5.92 Å². The predicted octanol–water partition coefficient (Wildman–Crippen LogP) is 2.84. The monoisotopic (exact) mass is 349 g/mol. The van der Waals surface area contributed by atoms with Gasteiger partial charge in [0.25, 0.3) is 5.91 Å². The summed E-state index contributed by atoms with van der Waals surface area (Å²) >= 11 is 0. The highest BCUT2D eigenvalue weighted by Crippen LogP contribution is 2.45. The summed E-state index contributed by atoms with van der Waals surface area (Å²) in [5, 5.41) is 0. The van der Waals surface area contributed by atoms with Crippen LogP contribution in [-0.2, 0) is 6.42 Å². The Morgan fingerprint density at radius 2 is 2.04 bits per heavy atom. The standard InChI is InChI=1S/C19H25F2N3O/c1-2-14-5-16(9-22-8-14)17(25)24-12-18(13-24)3-4-23(11-18)10-15-6-19(20,21)7-15/h5,8-9,15H,2-4,6-7,10-13H2,1H3. The summed E-state index contributed by atoms with van der Waals surface area (Å²) in [6.07, 6.45) is 5.46. The molecule has 136 valence electrons. The van der Waals surface area contributed by atoms with E-state index in [2.05, 4.69) is 16.8 Å². The molecule has 2 saturated heterocycles. The number of likely N-dealkylation sites (tertiary alicyclic amines) is 2. The molecule has 1 saturated carbocycles. The van der Waals surface area contributed by atoms with E-state index in [9.17, 15) is 13.6 Å². The maximum atomic E-state index is 13.0. The SMILES string of the molecule is CCc1cncc(C(=O)N2CC3(CCN(CC4CC(F)(F)C4)C3)C2)c1. The van der Waals surface area contributed by atoms with E-state index in [1.54, 1.807) is 12.4 Å². The Morgan fingerprint density at radius 3 is 2.72 bits per heavy atom. The molecule has 4 rings (SSSR count). The van der Waals surface area contributed by atoms with E-state index < -0.39 is 5.92 Å². The van der Waals surface area contributed by atoms with Crippen molar-refractivity contribution < 1.29 is 13.6 Å². The number of alkyl halides is 2. The molecule has 3 aliphatic rings. The first kappa shape index (κ1) is 16.9. The van der Waals surface area contributed by atoms with Gasteiger partial charge in [-0.05, 0) is 36.9 Å². The zero-order valence-electron chi connectivity index (χ0n) is 14.7. The van der Waals surface area contributed by atoms with Crippen molar-refractivity contribution in [1.29, 1.82) is 0 Å². The van der Waals surface area contributed by atoms with E-state index in [0.717, 1.165) is 51.1 Å². The molecule has 4 nitrogen and oxygen atoms in total. The molecule has 1 aromatic heterocycles.